The molecule has 0 aromatic heterocycles. The fourth-order valence-corrected chi connectivity index (χ4v) is 5.75. The highest BCUT2D eigenvalue weighted by atomic mass is 79.9. The molecule has 0 amide bonds. The minimum Gasteiger partial charge on any atom is -1.00 e. The SMILES string of the molecule is CCOC(=O)C[N+](C)(C)C1C(N(C)C)C2CCC1(C)C2(C)C.[Br-]. The van der Waals surface area contributed by atoms with Gasteiger partial charge in [-0.25, -0.2) is 4.79 Å². The van der Waals surface area contributed by atoms with Crippen LogP contribution in [0.25, 0.3) is 0 Å². The van der Waals surface area contributed by atoms with E-state index in [0.29, 0.717) is 36.6 Å². The number of likely N-dealkylation sites (N-methyl/N-ethyl adjacent to an activating group) is 2. The van der Waals surface area contributed by atoms with Crippen molar-refractivity contribution >= 4 is 5.97 Å². The summed E-state index contributed by atoms with van der Waals surface area (Å²) in [6.45, 7) is 10.1. The van der Waals surface area contributed by atoms with E-state index >= 15 is 0 Å². The Hall–Kier alpha value is -0.130. The molecule has 4 unspecified atom stereocenters. The van der Waals surface area contributed by atoms with Crippen LogP contribution in [0.5, 0.6) is 0 Å². The second-order valence-corrected chi connectivity index (χ2v) is 8.93. The van der Waals surface area contributed by atoms with Crippen LogP contribution in [0, 0.1) is 16.7 Å². The zero-order chi connectivity index (χ0) is 16.9. The van der Waals surface area contributed by atoms with Crippen LogP contribution in [0.15, 0.2) is 0 Å². The molecule has 5 heteroatoms. The van der Waals surface area contributed by atoms with E-state index in [1.165, 1.54) is 12.8 Å². The van der Waals surface area contributed by atoms with E-state index in [1.54, 1.807) is 0 Å². The molecule has 2 aliphatic carbocycles. The van der Waals surface area contributed by atoms with Gasteiger partial charge in [0.05, 0.1) is 26.7 Å². The van der Waals surface area contributed by atoms with Crippen molar-refractivity contribution < 1.29 is 31.0 Å². The first-order valence-electron chi connectivity index (χ1n) is 8.63. The molecule has 0 saturated heterocycles. The maximum Gasteiger partial charge on any atom is 0.361 e. The summed E-state index contributed by atoms with van der Waals surface area (Å²) < 4.78 is 5.95. The molecule has 0 aromatic carbocycles. The molecular formula is C18H35BrN2O2. The number of esters is 1. The predicted molar refractivity (Wildman–Crippen MR) is 89.5 cm³/mol. The van der Waals surface area contributed by atoms with Crippen molar-refractivity contribution in [1.29, 1.82) is 0 Å². The lowest BCUT2D eigenvalue weighted by Gasteiger charge is -2.50. The zero-order valence-electron chi connectivity index (χ0n) is 16.1. The Morgan fingerprint density at radius 1 is 1.26 bits per heavy atom. The molecule has 2 aliphatic rings. The highest BCUT2D eigenvalue weighted by Gasteiger charge is 2.71. The summed E-state index contributed by atoms with van der Waals surface area (Å²) in [5.74, 6) is 0.631. The van der Waals surface area contributed by atoms with Crippen molar-refractivity contribution in [2.24, 2.45) is 16.7 Å². The Labute approximate surface area is 152 Å². The maximum absolute atomic E-state index is 12.1. The maximum atomic E-state index is 12.1. The molecule has 2 fully saturated rings. The van der Waals surface area contributed by atoms with Crippen LogP contribution >= 0.6 is 0 Å². The van der Waals surface area contributed by atoms with Gasteiger partial charge in [0, 0.05) is 5.41 Å². The van der Waals surface area contributed by atoms with Crippen molar-refractivity contribution in [1.82, 2.24) is 4.90 Å². The van der Waals surface area contributed by atoms with Gasteiger partial charge in [-0.3, -0.25) is 0 Å². The molecular weight excluding hydrogens is 356 g/mol. The van der Waals surface area contributed by atoms with Gasteiger partial charge in [-0.2, -0.15) is 0 Å². The van der Waals surface area contributed by atoms with Crippen LogP contribution in [0.1, 0.15) is 40.5 Å². The largest absolute Gasteiger partial charge is 1.00 e. The molecule has 23 heavy (non-hydrogen) atoms. The highest BCUT2D eigenvalue weighted by Crippen LogP contribution is 2.67. The Balaban J connectivity index is 0.00000264. The van der Waals surface area contributed by atoms with E-state index in [4.69, 9.17) is 4.74 Å². The summed E-state index contributed by atoms with van der Waals surface area (Å²) in [5, 5.41) is 0. The number of nitrogens with zero attached hydrogens (tertiary/aromatic N) is 2. The monoisotopic (exact) mass is 390 g/mol. The lowest BCUT2D eigenvalue weighted by molar-refractivity contribution is -0.917. The first-order valence-corrected chi connectivity index (χ1v) is 8.63. The number of halogens is 1. The summed E-state index contributed by atoms with van der Waals surface area (Å²) in [4.78, 5) is 14.5. The van der Waals surface area contributed by atoms with Gasteiger partial charge in [-0.1, -0.05) is 20.8 Å². The van der Waals surface area contributed by atoms with E-state index in [2.05, 4.69) is 53.9 Å². The number of hydrogen-bond donors (Lipinski definition) is 0. The topological polar surface area (TPSA) is 29.5 Å². The van der Waals surface area contributed by atoms with Gasteiger partial charge >= 0.3 is 5.97 Å². The summed E-state index contributed by atoms with van der Waals surface area (Å²) in [6.07, 6.45) is 2.58. The molecule has 0 aromatic rings. The average Bonchev–Trinajstić information content (AvgIpc) is 2.68. The standard InChI is InChI=1S/C18H35N2O2.BrH/c1-9-22-14(21)12-20(7,8)16-15(19(5)6)13-10-11-18(16,4)17(13,2)3;/h13,15-16H,9-12H2,1-8H3;1H/q+1;/p-1. The van der Waals surface area contributed by atoms with E-state index in [1.807, 2.05) is 6.92 Å². The number of quaternary nitrogens is 1. The van der Waals surface area contributed by atoms with E-state index < -0.39 is 0 Å². The molecule has 2 rings (SSSR count). The molecule has 4 nitrogen and oxygen atoms in total. The van der Waals surface area contributed by atoms with Crippen LogP contribution in [0.2, 0.25) is 0 Å². The quantitative estimate of drug-likeness (QED) is 0.463. The minimum atomic E-state index is -0.0748. The summed E-state index contributed by atoms with van der Waals surface area (Å²) in [6, 6.07) is 0.985. The van der Waals surface area contributed by atoms with Crippen LogP contribution in [0.3, 0.4) is 0 Å². The molecule has 2 bridgehead atoms. The first kappa shape index (κ1) is 20.9. The van der Waals surface area contributed by atoms with Crippen molar-refractivity contribution in [2.75, 3.05) is 41.3 Å². The van der Waals surface area contributed by atoms with E-state index in [-0.39, 0.29) is 28.4 Å². The molecule has 2 saturated carbocycles. The summed E-state index contributed by atoms with van der Waals surface area (Å²) in [5.41, 5.74) is 0.583. The van der Waals surface area contributed by atoms with Crippen LogP contribution in [-0.2, 0) is 9.53 Å². The van der Waals surface area contributed by atoms with Gasteiger partial charge in [0.1, 0.15) is 6.04 Å². The normalized spacial score (nSPS) is 35.3. The summed E-state index contributed by atoms with van der Waals surface area (Å²) in [7, 11) is 8.81. The van der Waals surface area contributed by atoms with E-state index in [0.717, 1.165) is 4.48 Å². The van der Waals surface area contributed by atoms with Gasteiger partial charge < -0.3 is 31.1 Å². The van der Waals surface area contributed by atoms with Gasteiger partial charge in [-0.15, -0.1) is 0 Å². The molecule has 0 aliphatic heterocycles. The molecule has 4 atom stereocenters. The molecule has 0 radical (unpaired) electrons. The first-order chi connectivity index (χ1) is 9.99. The summed E-state index contributed by atoms with van der Waals surface area (Å²) >= 11 is 0. The Morgan fingerprint density at radius 3 is 2.30 bits per heavy atom. The minimum absolute atomic E-state index is 0. The van der Waals surface area contributed by atoms with Crippen molar-refractivity contribution in [3.05, 3.63) is 0 Å². The second-order valence-electron chi connectivity index (χ2n) is 8.93. The van der Waals surface area contributed by atoms with E-state index in [9.17, 15) is 4.79 Å². The zero-order valence-corrected chi connectivity index (χ0v) is 17.7. The highest BCUT2D eigenvalue weighted by molar-refractivity contribution is 5.70. The third kappa shape index (κ3) is 3.09. The van der Waals surface area contributed by atoms with Gasteiger partial charge in [0.25, 0.3) is 0 Å². The van der Waals surface area contributed by atoms with Crippen LogP contribution in [0.4, 0.5) is 0 Å². The number of carbonyl (C=O) groups excluding carboxylic acids is 1. The number of rotatable bonds is 5. The Morgan fingerprint density at radius 2 is 1.83 bits per heavy atom. The molecule has 0 heterocycles. The van der Waals surface area contributed by atoms with Crippen molar-refractivity contribution in [3.63, 3.8) is 0 Å². The number of fused-ring (bicyclic) bond motifs is 2. The lowest BCUT2D eigenvalue weighted by Crippen LogP contribution is -3.00. The van der Waals surface area contributed by atoms with Gasteiger partial charge in [-0.05, 0) is 45.2 Å². The Kier molecular flexibility index (Phi) is 6.04. The van der Waals surface area contributed by atoms with Crippen molar-refractivity contribution in [3.8, 4) is 0 Å². The van der Waals surface area contributed by atoms with Gasteiger partial charge in [0.15, 0.2) is 6.54 Å². The van der Waals surface area contributed by atoms with Crippen molar-refractivity contribution in [2.45, 2.75) is 52.6 Å². The number of ether oxygens (including phenoxy) is 1. The number of hydrogen-bond acceptors (Lipinski definition) is 3. The molecule has 136 valence electrons. The average molecular weight is 391 g/mol. The third-order valence-corrected chi connectivity index (χ3v) is 6.95. The lowest BCUT2D eigenvalue weighted by atomic mass is 9.68. The molecule has 0 N–H and O–H groups in total. The third-order valence-electron chi connectivity index (χ3n) is 6.95. The smallest absolute Gasteiger partial charge is 0.361 e. The fourth-order valence-electron chi connectivity index (χ4n) is 5.75. The van der Waals surface area contributed by atoms with Gasteiger partial charge in [0.2, 0.25) is 0 Å². The number of carbonyl (C=O) groups is 1. The molecule has 0 spiro atoms. The fraction of sp³-hybridized carbons (Fsp3) is 0.944. The van der Waals surface area contributed by atoms with Crippen LogP contribution < -0.4 is 17.0 Å². The Bertz CT molecular complexity index is 450. The van der Waals surface area contributed by atoms with Crippen LogP contribution in [-0.4, -0.2) is 68.8 Å². The second kappa shape index (κ2) is 6.64. The predicted octanol–water partition coefficient (Wildman–Crippen LogP) is -0.615.